The number of carbonyl (C=O) groups excluding carboxylic acids is 1. The summed E-state index contributed by atoms with van der Waals surface area (Å²) in [4.78, 5) is 35.6. The van der Waals surface area contributed by atoms with Crippen LogP contribution in [-0.2, 0) is 4.74 Å². The number of aromatic nitrogens is 4. The lowest BCUT2D eigenvalue weighted by atomic mass is 10.4. The van der Waals surface area contributed by atoms with Gasteiger partial charge in [-0.05, 0) is 25.0 Å². The van der Waals surface area contributed by atoms with Crippen molar-refractivity contribution in [3.8, 4) is 0 Å². The highest BCUT2D eigenvalue weighted by atomic mass is 16.5. The molecule has 2 aromatic heterocycles. The Balaban J connectivity index is 0.000000211. The molecule has 8 heteroatoms. The molecule has 21 heavy (non-hydrogen) atoms. The highest BCUT2D eigenvalue weighted by molar-refractivity contribution is 5.84. The van der Waals surface area contributed by atoms with Gasteiger partial charge >= 0.3 is 11.9 Å². The number of hydrogen-bond acceptors (Lipinski definition) is 7. The zero-order valence-electron chi connectivity index (χ0n) is 11.8. The van der Waals surface area contributed by atoms with Crippen molar-refractivity contribution >= 4 is 11.9 Å². The van der Waals surface area contributed by atoms with E-state index in [1.807, 2.05) is 6.92 Å². The van der Waals surface area contributed by atoms with Crippen LogP contribution in [0.5, 0.6) is 0 Å². The Bertz CT molecular complexity index is 611. The molecule has 8 nitrogen and oxygen atoms in total. The van der Waals surface area contributed by atoms with Gasteiger partial charge in [-0.1, -0.05) is 0 Å². The Labute approximate surface area is 120 Å². The summed E-state index contributed by atoms with van der Waals surface area (Å²) in [5, 5.41) is 8.35. The molecule has 0 unspecified atom stereocenters. The van der Waals surface area contributed by atoms with Gasteiger partial charge < -0.3 is 9.84 Å². The maximum atomic E-state index is 10.8. The third kappa shape index (κ3) is 5.31. The van der Waals surface area contributed by atoms with Gasteiger partial charge in [0.15, 0.2) is 0 Å². The molecule has 0 amide bonds. The normalized spacial score (nSPS) is 9.29. The SMILES string of the molecule is COC(=O)c1ncc(C)cn1.Cc1cnc(C(=O)O)nc1. The number of ether oxygens (including phenoxy) is 1. The van der Waals surface area contributed by atoms with Gasteiger partial charge in [0.05, 0.1) is 7.11 Å². The van der Waals surface area contributed by atoms with Crippen molar-refractivity contribution in [3.63, 3.8) is 0 Å². The number of nitrogens with zero attached hydrogens (tertiary/aromatic N) is 4. The number of carbonyl (C=O) groups is 2. The Kier molecular flexibility index (Phi) is 5.87. The van der Waals surface area contributed by atoms with Crippen molar-refractivity contribution in [2.75, 3.05) is 7.11 Å². The van der Waals surface area contributed by atoms with E-state index in [0.717, 1.165) is 11.1 Å². The third-order valence-corrected chi connectivity index (χ3v) is 2.12. The molecule has 0 aliphatic heterocycles. The maximum absolute atomic E-state index is 10.8. The summed E-state index contributed by atoms with van der Waals surface area (Å²) in [6.45, 7) is 3.65. The molecule has 2 rings (SSSR count). The summed E-state index contributed by atoms with van der Waals surface area (Å²) in [6.07, 6.45) is 6.07. The minimum absolute atomic E-state index is 0.0955. The molecule has 2 heterocycles. The minimum atomic E-state index is -1.10. The van der Waals surface area contributed by atoms with Gasteiger partial charge in [0.1, 0.15) is 0 Å². The molecule has 0 aliphatic carbocycles. The van der Waals surface area contributed by atoms with Crippen LogP contribution < -0.4 is 0 Å². The van der Waals surface area contributed by atoms with Gasteiger partial charge in [-0.3, -0.25) is 0 Å². The minimum Gasteiger partial charge on any atom is -0.475 e. The third-order valence-electron chi connectivity index (χ3n) is 2.12. The van der Waals surface area contributed by atoms with E-state index in [9.17, 15) is 9.59 Å². The first-order valence-electron chi connectivity index (χ1n) is 5.83. The standard InChI is InChI=1S/C7H8N2O2.C6H6N2O2/c1-5-3-8-6(9-4-5)7(10)11-2;1-4-2-7-5(6(9)10)8-3-4/h3-4H,1-2H3;2-3H,1H3,(H,9,10). The number of esters is 1. The average molecular weight is 290 g/mol. The number of hydrogen-bond donors (Lipinski definition) is 1. The van der Waals surface area contributed by atoms with Gasteiger partial charge in [-0.25, -0.2) is 29.5 Å². The number of rotatable bonds is 2. The smallest absolute Gasteiger partial charge is 0.376 e. The van der Waals surface area contributed by atoms with Crippen molar-refractivity contribution in [2.45, 2.75) is 13.8 Å². The number of aryl methyl sites for hydroxylation is 2. The van der Waals surface area contributed by atoms with Crippen LogP contribution >= 0.6 is 0 Å². The van der Waals surface area contributed by atoms with Crippen LogP contribution in [0.4, 0.5) is 0 Å². The van der Waals surface area contributed by atoms with Crippen molar-refractivity contribution in [1.29, 1.82) is 0 Å². The van der Waals surface area contributed by atoms with E-state index < -0.39 is 11.9 Å². The Hall–Kier alpha value is -2.90. The maximum Gasteiger partial charge on any atom is 0.376 e. The fraction of sp³-hybridized carbons (Fsp3) is 0.231. The van der Waals surface area contributed by atoms with Gasteiger partial charge in [-0.2, -0.15) is 0 Å². The Morgan fingerprint density at radius 2 is 1.29 bits per heavy atom. The van der Waals surface area contributed by atoms with Crippen LogP contribution in [0, 0.1) is 13.8 Å². The molecule has 1 N–H and O–H groups in total. The number of methoxy groups -OCH3 is 1. The van der Waals surface area contributed by atoms with Crippen molar-refractivity contribution in [2.24, 2.45) is 0 Å². The number of carboxylic acids is 1. The van der Waals surface area contributed by atoms with E-state index in [2.05, 4.69) is 24.7 Å². The topological polar surface area (TPSA) is 115 Å². The molecule has 110 valence electrons. The average Bonchev–Trinajstić information content (AvgIpc) is 2.48. The summed E-state index contributed by atoms with van der Waals surface area (Å²) in [7, 11) is 1.30. The largest absolute Gasteiger partial charge is 0.475 e. The lowest BCUT2D eigenvalue weighted by molar-refractivity contribution is 0.0585. The highest BCUT2D eigenvalue weighted by Crippen LogP contribution is 1.94. The van der Waals surface area contributed by atoms with Crippen LogP contribution in [0.2, 0.25) is 0 Å². The first kappa shape index (κ1) is 16.2. The van der Waals surface area contributed by atoms with Gasteiger partial charge in [0.25, 0.3) is 0 Å². The summed E-state index contributed by atoms with van der Waals surface area (Å²) in [6, 6.07) is 0. The van der Waals surface area contributed by atoms with Crippen molar-refractivity contribution in [1.82, 2.24) is 19.9 Å². The first-order chi connectivity index (χ1) is 9.93. The number of aromatic carboxylic acids is 1. The van der Waals surface area contributed by atoms with E-state index in [1.165, 1.54) is 19.5 Å². The molecule has 0 fully saturated rings. The van der Waals surface area contributed by atoms with Crippen LogP contribution in [0.15, 0.2) is 24.8 Å². The Morgan fingerprint density at radius 1 is 0.905 bits per heavy atom. The quantitative estimate of drug-likeness (QED) is 0.816. The zero-order chi connectivity index (χ0) is 15.8. The first-order valence-corrected chi connectivity index (χ1v) is 5.83. The molecule has 0 aliphatic rings. The molecule has 0 aromatic carbocycles. The fourth-order valence-electron chi connectivity index (χ4n) is 1.09. The lowest BCUT2D eigenvalue weighted by Crippen LogP contribution is -2.06. The molecular formula is C13H14N4O4. The van der Waals surface area contributed by atoms with Gasteiger partial charge in [0, 0.05) is 24.8 Å². The molecule has 0 spiro atoms. The highest BCUT2D eigenvalue weighted by Gasteiger charge is 2.06. The Morgan fingerprint density at radius 3 is 1.62 bits per heavy atom. The zero-order valence-corrected chi connectivity index (χ0v) is 11.8. The molecular weight excluding hydrogens is 276 g/mol. The summed E-state index contributed by atoms with van der Waals surface area (Å²) >= 11 is 0. The lowest BCUT2D eigenvalue weighted by Gasteiger charge is -1.95. The molecule has 0 radical (unpaired) electrons. The second kappa shape index (κ2) is 7.63. The summed E-state index contributed by atoms with van der Waals surface area (Å²) in [5.74, 6) is -1.67. The van der Waals surface area contributed by atoms with E-state index in [1.54, 1.807) is 19.3 Å². The van der Waals surface area contributed by atoms with Crippen molar-refractivity contribution in [3.05, 3.63) is 47.6 Å². The number of carboxylic acid groups (broad SMARTS) is 1. The molecule has 0 saturated carbocycles. The molecule has 0 bridgehead atoms. The second-order valence-electron chi connectivity index (χ2n) is 3.96. The molecule has 0 saturated heterocycles. The van der Waals surface area contributed by atoms with Crippen LogP contribution in [0.1, 0.15) is 32.4 Å². The molecule has 2 aromatic rings. The predicted molar refractivity (Wildman–Crippen MR) is 71.8 cm³/mol. The predicted octanol–water partition coefficient (Wildman–Crippen LogP) is 1.05. The monoisotopic (exact) mass is 290 g/mol. The van der Waals surface area contributed by atoms with E-state index in [0.29, 0.717) is 0 Å². The second-order valence-corrected chi connectivity index (χ2v) is 3.96. The van der Waals surface area contributed by atoms with Crippen LogP contribution in [-0.4, -0.2) is 44.1 Å². The molecule has 0 atom stereocenters. The van der Waals surface area contributed by atoms with E-state index >= 15 is 0 Å². The van der Waals surface area contributed by atoms with Crippen LogP contribution in [0.25, 0.3) is 0 Å². The van der Waals surface area contributed by atoms with E-state index in [4.69, 9.17) is 5.11 Å². The van der Waals surface area contributed by atoms with Crippen LogP contribution in [0.3, 0.4) is 0 Å². The summed E-state index contributed by atoms with van der Waals surface area (Å²) < 4.78 is 4.41. The van der Waals surface area contributed by atoms with Gasteiger partial charge in [-0.15, -0.1) is 0 Å². The summed E-state index contributed by atoms with van der Waals surface area (Å²) in [5.41, 5.74) is 1.77. The van der Waals surface area contributed by atoms with Gasteiger partial charge in [0.2, 0.25) is 11.6 Å². The fourth-order valence-corrected chi connectivity index (χ4v) is 1.09. The van der Waals surface area contributed by atoms with E-state index in [-0.39, 0.29) is 11.6 Å². The van der Waals surface area contributed by atoms with Crippen molar-refractivity contribution < 1.29 is 19.4 Å².